The summed E-state index contributed by atoms with van der Waals surface area (Å²) in [6.45, 7) is 0.991. The number of carbonyl (C=O) groups is 1. The monoisotopic (exact) mass is 230 g/mol. The summed E-state index contributed by atoms with van der Waals surface area (Å²) in [5.41, 5.74) is -0.0294. The average molecular weight is 230 g/mol. The van der Waals surface area contributed by atoms with Crippen molar-refractivity contribution in [2.75, 3.05) is 26.4 Å². The van der Waals surface area contributed by atoms with Gasteiger partial charge in [0.05, 0.1) is 5.75 Å². The van der Waals surface area contributed by atoms with Crippen molar-refractivity contribution in [2.45, 2.75) is 5.75 Å². The van der Waals surface area contributed by atoms with E-state index in [1.54, 1.807) is 11.8 Å². The third kappa shape index (κ3) is 4.35. The van der Waals surface area contributed by atoms with Crippen LogP contribution in [0.2, 0.25) is 0 Å². The Bertz CT molecular complexity index is 325. The number of rotatable bonds is 6. The number of hydrogen-bond donors (Lipinski definition) is 1. The lowest BCUT2D eigenvalue weighted by Crippen LogP contribution is -2.14. The van der Waals surface area contributed by atoms with Gasteiger partial charge in [0.1, 0.15) is 5.76 Å². The molecule has 0 aliphatic heterocycles. The zero-order valence-corrected chi connectivity index (χ0v) is 9.58. The first-order valence-corrected chi connectivity index (χ1v) is 5.66. The largest absolute Gasteiger partial charge is 0.476 e. The highest BCUT2D eigenvalue weighted by atomic mass is 32.2. The number of nitrogens with zero attached hydrogens (tertiary/aromatic N) is 2. The van der Waals surface area contributed by atoms with Gasteiger partial charge in [0.2, 0.25) is 0 Å². The van der Waals surface area contributed by atoms with Crippen LogP contribution in [0.25, 0.3) is 0 Å². The first-order valence-electron chi connectivity index (χ1n) is 4.51. The molecule has 0 bridgehead atoms. The quantitative estimate of drug-likeness (QED) is 0.740. The second-order valence-electron chi connectivity index (χ2n) is 3.34. The summed E-state index contributed by atoms with van der Waals surface area (Å²) >= 11 is 1.69. The predicted octanol–water partition coefficient (Wildman–Crippen LogP) is 1.17. The lowest BCUT2D eigenvalue weighted by atomic mass is 10.4. The molecule has 1 heterocycles. The maximum atomic E-state index is 10.5. The Morgan fingerprint density at radius 3 is 2.93 bits per heavy atom. The van der Waals surface area contributed by atoms with E-state index in [1.165, 1.54) is 6.07 Å². The molecule has 1 N–H and O–H groups in total. The van der Waals surface area contributed by atoms with Crippen molar-refractivity contribution in [1.29, 1.82) is 0 Å². The van der Waals surface area contributed by atoms with Gasteiger partial charge in [0.15, 0.2) is 5.69 Å². The molecule has 5 nitrogen and oxygen atoms in total. The predicted molar refractivity (Wildman–Crippen MR) is 58.2 cm³/mol. The number of hydrogen-bond acceptors (Lipinski definition) is 5. The van der Waals surface area contributed by atoms with Gasteiger partial charge in [0.25, 0.3) is 0 Å². The minimum atomic E-state index is -1.05. The second-order valence-corrected chi connectivity index (χ2v) is 4.44. The number of thioether (sulfide) groups is 1. The molecular formula is C9H14N2O3S. The first-order chi connectivity index (χ1) is 7.09. The maximum Gasteiger partial charge on any atom is 0.358 e. The summed E-state index contributed by atoms with van der Waals surface area (Å²) in [5, 5.41) is 12.0. The molecule has 0 unspecified atom stereocenters. The van der Waals surface area contributed by atoms with Crippen LogP contribution in [-0.2, 0) is 5.75 Å². The van der Waals surface area contributed by atoms with Crippen LogP contribution in [0.3, 0.4) is 0 Å². The Morgan fingerprint density at radius 1 is 1.67 bits per heavy atom. The van der Waals surface area contributed by atoms with Gasteiger partial charge in [0, 0.05) is 18.4 Å². The minimum absolute atomic E-state index is 0.0294. The van der Waals surface area contributed by atoms with Crippen molar-refractivity contribution in [1.82, 2.24) is 10.1 Å². The van der Waals surface area contributed by atoms with E-state index in [4.69, 9.17) is 9.63 Å². The van der Waals surface area contributed by atoms with Gasteiger partial charge in [-0.25, -0.2) is 4.79 Å². The lowest BCUT2D eigenvalue weighted by Gasteiger charge is -2.07. The summed E-state index contributed by atoms with van der Waals surface area (Å²) in [6, 6.07) is 1.46. The minimum Gasteiger partial charge on any atom is -0.476 e. The highest BCUT2D eigenvalue weighted by Gasteiger charge is 2.10. The van der Waals surface area contributed by atoms with Crippen LogP contribution in [0.4, 0.5) is 0 Å². The van der Waals surface area contributed by atoms with Crippen LogP contribution in [0.1, 0.15) is 16.2 Å². The molecule has 0 aliphatic rings. The summed E-state index contributed by atoms with van der Waals surface area (Å²) in [7, 11) is 4.02. The van der Waals surface area contributed by atoms with E-state index < -0.39 is 5.97 Å². The van der Waals surface area contributed by atoms with Crippen LogP contribution in [-0.4, -0.2) is 47.5 Å². The van der Waals surface area contributed by atoms with Crippen LogP contribution in [0, 0.1) is 0 Å². The van der Waals surface area contributed by atoms with Crippen molar-refractivity contribution < 1.29 is 14.4 Å². The fraction of sp³-hybridized carbons (Fsp3) is 0.556. The topological polar surface area (TPSA) is 66.6 Å². The van der Waals surface area contributed by atoms with Crippen molar-refractivity contribution in [2.24, 2.45) is 0 Å². The van der Waals surface area contributed by atoms with Gasteiger partial charge in [-0.2, -0.15) is 11.8 Å². The second kappa shape index (κ2) is 5.77. The van der Waals surface area contributed by atoms with E-state index in [0.29, 0.717) is 11.5 Å². The first kappa shape index (κ1) is 12.1. The normalized spacial score (nSPS) is 10.9. The average Bonchev–Trinajstić information content (AvgIpc) is 2.60. The lowest BCUT2D eigenvalue weighted by molar-refractivity contribution is 0.0685. The fourth-order valence-corrected chi connectivity index (χ4v) is 1.88. The van der Waals surface area contributed by atoms with Gasteiger partial charge >= 0.3 is 5.97 Å². The highest BCUT2D eigenvalue weighted by Crippen LogP contribution is 2.13. The van der Waals surface area contributed by atoms with E-state index in [9.17, 15) is 4.79 Å². The smallest absolute Gasteiger partial charge is 0.358 e. The summed E-state index contributed by atoms with van der Waals surface area (Å²) < 4.78 is 4.87. The number of carboxylic acid groups (broad SMARTS) is 1. The summed E-state index contributed by atoms with van der Waals surface area (Å²) in [5.74, 6) is 1.20. The molecule has 1 rings (SSSR count). The third-order valence-corrected chi connectivity index (χ3v) is 2.67. The Hall–Kier alpha value is -1.01. The molecule has 0 saturated carbocycles. The van der Waals surface area contributed by atoms with E-state index in [-0.39, 0.29) is 5.69 Å². The third-order valence-electron chi connectivity index (χ3n) is 1.71. The number of aromatic carboxylic acids is 1. The Kier molecular flexibility index (Phi) is 4.64. The van der Waals surface area contributed by atoms with Crippen molar-refractivity contribution in [3.05, 3.63) is 17.5 Å². The van der Waals surface area contributed by atoms with Crippen molar-refractivity contribution >= 4 is 17.7 Å². The molecule has 0 spiro atoms. The molecule has 1 aromatic heterocycles. The van der Waals surface area contributed by atoms with Gasteiger partial charge in [-0.3, -0.25) is 0 Å². The van der Waals surface area contributed by atoms with Gasteiger partial charge in [-0.05, 0) is 14.1 Å². The molecule has 0 aliphatic carbocycles. The standard InChI is InChI=1S/C9H14N2O3S/c1-11(2)3-4-15-6-7-5-8(9(12)13)10-14-7/h5H,3-4,6H2,1-2H3,(H,12,13). The molecule has 0 amide bonds. The highest BCUT2D eigenvalue weighted by molar-refractivity contribution is 7.98. The van der Waals surface area contributed by atoms with Crippen LogP contribution < -0.4 is 0 Å². The molecule has 1 aromatic rings. The van der Waals surface area contributed by atoms with E-state index >= 15 is 0 Å². The van der Waals surface area contributed by atoms with E-state index in [0.717, 1.165) is 12.3 Å². The molecule has 15 heavy (non-hydrogen) atoms. The van der Waals surface area contributed by atoms with Crippen LogP contribution >= 0.6 is 11.8 Å². The Balaban J connectivity index is 2.29. The van der Waals surface area contributed by atoms with Crippen LogP contribution in [0.15, 0.2) is 10.6 Å². The Morgan fingerprint density at radius 2 is 2.40 bits per heavy atom. The van der Waals surface area contributed by atoms with E-state index in [1.807, 2.05) is 14.1 Å². The molecule has 6 heteroatoms. The molecule has 0 atom stereocenters. The van der Waals surface area contributed by atoms with E-state index in [2.05, 4.69) is 10.1 Å². The zero-order chi connectivity index (χ0) is 11.3. The van der Waals surface area contributed by atoms with Gasteiger partial charge in [-0.15, -0.1) is 0 Å². The van der Waals surface area contributed by atoms with Crippen molar-refractivity contribution in [3.8, 4) is 0 Å². The Labute approximate surface area is 92.4 Å². The van der Waals surface area contributed by atoms with Gasteiger partial charge < -0.3 is 14.5 Å². The molecule has 0 aromatic carbocycles. The van der Waals surface area contributed by atoms with Gasteiger partial charge in [-0.1, -0.05) is 5.16 Å². The molecule has 84 valence electrons. The SMILES string of the molecule is CN(C)CCSCc1cc(C(=O)O)no1. The maximum absolute atomic E-state index is 10.5. The zero-order valence-electron chi connectivity index (χ0n) is 8.77. The molecule has 0 radical (unpaired) electrons. The molecule has 0 fully saturated rings. The molecular weight excluding hydrogens is 216 g/mol. The number of aromatic nitrogens is 1. The fourth-order valence-electron chi connectivity index (χ4n) is 0.902. The van der Waals surface area contributed by atoms with Crippen molar-refractivity contribution in [3.63, 3.8) is 0 Å². The molecule has 0 saturated heterocycles. The van der Waals surface area contributed by atoms with Crippen LogP contribution in [0.5, 0.6) is 0 Å². The summed E-state index contributed by atoms with van der Waals surface area (Å²) in [4.78, 5) is 12.6. The summed E-state index contributed by atoms with van der Waals surface area (Å²) in [6.07, 6.45) is 0. The number of carboxylic acids is 1.